The Bertz CT molecular complexity index is 367. The van der Waals surface area contributed by atoms with Crippen molar-refractivity contribution in [1.29, 1.82) is 0 Å². The average Bonchev–Trinajstić information content (AvgIpc) is 2.83. The number of aromatic nitrogens is 1. The summed E-state index contributed by atoms with van der Waals surface area (Å²) in [5.41, 5.74) is 2.73. The third-order valence-corrected chi connectivity index (χ3v) is 3.78. The summed E-state index contributed by atoms with van der Waals surface area (Å²) in [7, 11) is 2.05. The number of pyridine rings is 1. The molecule has 3 nitrogen and oxygen atoms in total. The average molecular weight is 248 g/mol. The van der Waals surface area contributed by atoms with Crippen molar-refractivity contribution in [2.24, 2.45) is 0 Å². The lowest BCUT2D eigenvalue weighted by Crippen LogP contribution is -2.32. The van der Waals surface area contributed by atoms with Gasteiger partial charge in [0.15, 0.2) is 0 Å². The molecule has 0 bridgehead atoms. The Morgan fingerprint density at radius 1 is 1.50 bits per heavy atom. The fraction of sp³-hybridized carbons (Fsp3) is 0.667. The molecule has 0 saturated carbocycles. The molecule has 0 saturated heterocycles. The Morgan fingerprint density at radius 3 is 3.17 bits per heavy atom. The van der Waals surface area contributed by atoms with Crippen LogP contribution in [0.15, 0.2) is 18.3 Å². The number of fused-ring (bicyclic) bond motifs is 1. The molecule has 100 valence electrons. The molecule has 1 aromatic heterocycles. The summed E-state index contributed by atoms with van der Waals surface area (Å²) >= 11 is 0. The molecule has 0 aliphatic heterocycles. The molecule has 0 spiro atoms. The summed E-state index contributed by atoms with van der Waals surface area (Å²) in [4.78, 5) is 4.57. The van der Waals surface area contributed by atoms with Crippen LogP contribution in [-0.4, -0.2) is 31.3 Å². The van der Waals surface area contributed by atoms with Crippen LogP contribution in [0, 0.1) is 0 Å². The minimum Gasteiger partial charge on any atom is -0.381 e. The third-order valence-electron chi connectivity index (χ3n) is 3.78. The Kier molecular flexibility index (Phi) is 5.14. The van der Waals surface area contributed by atoms with Gasteiger partial charge in [-0.05, 0) is 44.4 Å². The summed E-state index contributed by atoms with van der Waals surface area (Å²) in [6.45, 7) is 3.86. The van der Waals surface area contributed by atoms with Gasteiger partial charge in [-0.2, -0.15) is 0 Å². The van der Waals surface area contributed by atoms with Crippen molar-refractivity contribution >= 4 is 0 Å². The molecule has 1 aliphatic carbocycles. The quantitative estimate of drug-likeness (QED) is 0.753. The highest BCUT2D eigenvalue weighted by atomic mass is 16.5. The van der Waals surface area contributed by atoms with Crippen LogP contribution in [0.5, 0.6) is 0 Å². The van der Waals surface area contributed by atoms with E-state index in [1.54, 1.807) is 0 Å². The van der Waals surface area contributed by atoms with Gasteiger partial charge in [0, 0.05) is 37.1 Å². The number of rotatable bonds is 7. The van der Waals surface area contributed by atoms with Crippen LogP contribution in [0.4, 0.5) is 0 Å². The molecule has 1 heterocycles. The van der Waals surface area contributed by atoms with E-state index in [2.05, 4.69) is 23.3 Å². The van der Waals surface area contributed by atoms with E-state index in [9.17, 15) is 0 Å². The number of ether oxygens (including phenoxy) is 1. The Morgan fingerprint density at radius 2 is 2.39 bits per heavy atom. The van der Waals surface area contributed by atoms with E-state index in [-0.39, 0.29) is 0 Å². The summed E-state index contributed by atoms with van der Waals surface area (Å²) in [5, 5.41) is 3.44. The van der Waals surface area contributed by atoms with Gasteiger partial charge >= 0.3 is 0 Å². The molecule has 2 unspecified atom stereocenters. The number of hydrogen-bond acceptors (Lipinski definition) is 3. The van der Waals surface area contributed by atoms with Crippen LogP contribution < -0.4 is 5.32 Å². The number of likely N-dealkylation sites (N-methyl/N-ethyl adjacent to an activating group) is 1. The largest absolute Gasteiger partial charge is 0.381 e. The lowest BCUT2D eigenvalue weighted by atomic mass is 9.94. The SMILES string of the molecule is CCCOCCC(NC)C1CCc2cccnc21. The second-order valence-corrected chi connectivity index (χ2v) is 4.99. The molecule has 1 aromatic rings. The van der Waals surface area contributed by atoms with E-state index >= 15 is 0 Å². The normalized spacial score (nSPS) is 19.8. The second kappa shape index (κ2) is 6.86. The van der Waals surface area contributed by atoms with Crippen LogP contribution in [0.3, 0.4) is 0 Å². The Labute approximate surface area is 110 Å². The van der Waals surface area contributed by atoms with Gasteiger partial charge in [0.05, 0.1) is 0 Å². The van der Waals surface area contributed by atoms with Gasteiger partial charge in [0.1, 0.15) is 0 Å². The molecule has 0 radical (unpaired) electrons. The minimum atomic E-state index is 0.484. The topological polar surface area (TPSA) is 34.1 Å². The first-order chi connectivity index (χ1) is 8.86. The number of hydrogen-bond donors (Lipinski definition) is 1. The molecule has 3 heteroatoms. The minimum absolute atomic E-state index is 0.484. The molecule has 18 heavy (non-hydrogen) atoms. The highest BCUT2D eigenvalue weighted by molar-refractivity contribution is 5.29. The molecule has 0 fully saturated rings. The van der Waals surface area contributed by atoms with Gasteiger partial charge in [-0.3, -0.25) is 4.98 Å². The molecule has 0 amide bonds. The smallest absolute Gasteiger partial charge is 0.0482 e. The second-order valence-electron chi connectivity index (χ2n) is 4.99. The maximum absolute atomic E-state index is 5.60. The number of nitrogens with zero attached hydrogens (tertiary/aromatic N) is 1. The molecule has 2 rings (SSSR count). The Hall–Kier alpha value is -0.930. The van der Waals surface area contributed by atoms with E-state index in [0.717, 1.165) is 26.1 Å². The van der Waals surface area contributed by atoms with Crippen LogP contribution in [0.1, 0.15) is 43.4 Å². The van der Waals surface area contributed by atoms with Crippen molar-refractivity contribution in [1.82, 2.24) is 10.3 Å². The van der Waals surface area contributed by atoms with Gasteiger partial charge in [0.25, 0.3) is 0 Å². The van der Waals surface area contributed by atoms with Crippen LogP contribution >= 0.6 is 0 Å². The number of nitrogens with one attached hydrogen (secondary N) is 1. The zero-order valence-corrected chi connectivity index (χ0v) is 11.5. The maximum atomic E-state index is 5.60. The highest BCUT2D eigenvalue weighted by Gasteiger charge is 2.29. The third kappa shape index (κ3) is 3.09. The standard InChI is InChI=1S/C15H24N2O/c1-3-10-18-11-8-14(16-2)13-7-6-12-5-4-9-17-15(12)13/h4-5,9,13-14,16H,3,6-8,10-11H2,1-2H3. The van der Waals surface area contributed by atoms with E-state index < -0.39 is 0 Å². The summed E-state index contributed by atoms with van der Waals surface area (Å²) in [5.74, 6) is 0.552. The first kappa shape index (κ1) is 13.5. The van der Waals surface area contributed by atoms with Crippen LogP contribution in [-0.2, 0) is 11.2 Å². The fourth-order valence-corrected chi connectivity index (χ4v) is 2.84. The number of aryl methyl sites for hydroxylation is 1. The van der Waals surface area contributed by atoms with Crippen molar-refractivity contribution in [3.63, 3.8) is 0 Å². The van der Waals surface area contributed by atoms with Gasteiger partial charge in [-0.15, -0.1) is 0 Å². The summed E-state index contributed by atoms with van der Waals surface area (Å²) in [6, 6.07) is 4.74. The van der Waals surface area contributed by atoms with Crippen molar-refractivity contribution < 1.29 is 4.74 Å². The fourth-order valence-electron chi connectivity index (χ4n) is 2.84. The summed E-state index contributed by atoms with van der Waals surface area (Å²) in [6.07, 6.45) is 6.46. The van der Waals surface area contributed by atoms with E-state index in [1.165, 1.54) is 24.1 Å². The van der Waals surface area contributed by atoms with E-state index in [0.29, 0.717) is 12.0 Å². The van der Waals surface area contributed by atoms with Crippen LogP contribution in [0.2, 0.25) is 0 Å². The van der Waals surface area contributed by atoms with Gasteiger partial charge in [0.2, 0.25) is 0 Å². The van der Waals surface area contributed by atoms with Crippen molar-refractivity contribution in [3.05, 3.63) is 29.6 Å². The molecule has 2 atom stereocenters. The van der Waals surface area contributed by atoms with E-state index in [4.69, 9.17) is 4.74 Å². The van der Waals surface area contributed by atoms with E-state index in [1.807, 2.05) is 19.3 Å². The Balaban J connectivity index is 1.93. The van der Waals surface area contributed by atoms with Gasteiger partial charge in [-0.1, -0.05) is 13.0 Å². The molecule has 1 aliphatic rings. The van der Waals surface area contributed by atoms with Gasteiger partial charge < -0.3 is 10.1 Å². The van der Waals surface area contributed by atoms with Crippen molar-refractivity contribution in [3.8, 4) is 0 Å². The van der Waals surface area contributed by atoms with Gasteiger partial charge in [-0.25, -0.2) is 0 Å². The molecule has 1 N–H and O–H groups in total. The first-order valence-corrected chi connectivity index (χ1v) is 7.05. The first-order valence-electron chi connectivity index (χ1n) is 7.05. The monoisotopic (exact) mass is 248 g/mol. The van der Waals surface area contributed by atoms with Crippen molar-refractivity contribution in [2.75, 3.05) is 20.3 Å². The zero-order valence-electron chi connectivity index (χ0n) is 11.5. The lowest BCUT2D eigenvalue weighted by molar-refractivity contribution is 0.122. The molecular formula is C15H24N2O. The van der Waals surface area contributed by atoms with Crippen molar-refractivity contribution in [2.45, 2.75) is 44.6 Å². The lowest BCUT2D eigenvalue weighted by Gasteiger charge is -2.23. The highest BCUT2D eigenvalue weighted by Crippen LogP contribution is 2.34. The molecular weight excluding hydrogens is 224 g/mol. The predicted octanol–water partition coefficient (Wildman–Crippen LogP) is 2.52. The maximum Gasteiger partial charge on any atom is 0.0482 e. The predicted molar refractivity (Wildman–Crippen MR) is 73.9 cm³/mol. The zero-order chi connectivity index (χ0) is 12.8. The summed E-state index contributed by atoms with van der Waals surface area (Å²) < 4.78 is 5.60. The molecule has 0 aromatic carbocycles. The van der Waals surface area contributed by atoms with Crippen LogP contribution in [0.25, 0.3) is 0 Å².